The summed E-state index contributed by atoms with van der Waals surface area (Å²) in [4.78, 5) is 10.3. The minimum Gasteiger partial charge on any atom is -0.545 e. The molecular formula is C14H18NO7S-. The van der Waals surface area contributed by atoms with Gasteiger partial charge in [0.2, 0.25) is 10.0 Å². The van der Waals surface area contributed by atoms with E-state index in [1.54, 1.807) is 0 Å². The Hall–Kier alpha value is -2.10. The number of carbonyl (C=O) groups excluding carboxylic acids is 1. The molecule has 9 heteroatoms. The zero-order valence-corrected chi connectivity index (χ0v) is 13.6. The van der Waals surface area contributed by atoms with Crippen LogP contribution in [0.3, 0.4) is 0 Å². The Kier molecular flexibility index (Phi) is 7.01. The number of aliphatic hydroxyl groups excluding tert-OH is 1. The standard InChI is InChI=1S/C14H19NO7S/c1-21-11-8-10(4-5-13(17)18)9-12(14(11)22-2)23(19,20)15-6-3-7-16/h4-5,8-9,15-16H,3,6-7H2,1-2H3,(H,17,18)/p-1/b5-4+. The van der Waals surface area contributed by atoms with Crippen LogP contribution < -0.4 is 19.3 Å². The molecule has 2 N–H and O–H groups in total. The van der Waals surface area contributed by atoms with Crippen molar-refractivity contribution >= 4 is 22.1 Å². The predicted molar refractivity (Wildman–Crippen MR) is 80.5 cm³/mol. The average Bonchev–Trinajstić information content (AvgIpc) is 2.51. The molecule has 0 atom stereocenters. The van der Waals surface area contributed by atoms with Gasteiger partial charge in [-0.15, -0.1) is 0 Å². The largest absolute Gasteiger partial charge is 0.545 e. The second-order valence-electron chi connectivity index (χ2n) is 4.38. The molecule has 1 aromatic carbocycles. The Bertz CT molecular complexity index is 683. The molecule has 128 valence electrons. The van der Waals surface area contributed by atoms with Crippen LogP contribution in [-0.4, -0.2) is 46.9 Å². The molecule has 0 spiro atoms. The van der Waals surface area contributed by atoms with Gasteiger partial charge in [-0.05, 0) is 30.2 Å². The van der Waals surface area contributed by atoms with Gasteiger partial charge in [-0.1, -0.05) is 6.08 Å². The summed E-state index contributed by atoms with van der Waals surface area (Å²) in [6, 6.07) is 2.69. The number of ether oxygens (including phenoxy) is 2. The number of carboxylic acids is 1. The summed E-state index contributed by atoms with van der Waals surface area (Å²) in [6.45, 7) is -0.110. The Balaban J connectivity index is 3.37. The molecule has 8 nitrogen and oxygen atoms in total. The van der Waals surface area contributed by atoms with Crippen molar-refractivity contribution in [1.82, 2.24) is 4.72 Å². The van der Waals surface area contributed by atoms with E-state index in [2.05, 4.69) is 4.72 Å². The molecule has 0 aliphatic rings. The number of sulfonamides is 1. The van der Waals surface area contributed by atoms with Crippen LogP contribution in [0.2, 0.25) is 0 Å². The highest BCUT2D eigenvalue weighted by molar-refractivity contribution is 7.89. The van der Waals surface area contributed by atoms with Gasteiger partial charge >= 0.3 is 0 Å². The van der Waals surface area contributed by atoms with Gasteiger partial charge in [-0.3, -0.25) is 0 Å². The maximum atomic E-state index is 12.4. The molecule has 0 heterocycles. The first-order valence-electron chi connectivity index (χ1n) is 6.61. The van der Waals surface area contributed by atoms with Crippen LogP contribution in [0.1, 0.15) is 12.0 Å². The predicted octanol–water partition coefficient (Wildman–Crippen LogP) is -0.872. The Morgan fingerprint density at radius 3 is 2.57 bits per heavy atom. The van der Waals surface area contributed by atoms with Crippen LogP contribution in [-0.2, 0) is 14.8 Å². The van der Waals surface area contributed by atoms with E-state index in [0.717, 1.165) is 6.08 Å². The van der Waals surface area contributed by atoms with Crippen molar-refractivity contribution in [2.75, 3.05) is 27.4 Å². The molecule has 0 amide bonds. The number of nitrogens with one attached hydrogen (secondary N) is 1. The first kappa shape index (κ1) is 18.9. The highest BCUT2D eigenvalue weighted by Gasteiger charge is 2.23. The van der Waals surface area contributed by atoms with Gasteiger partial charge in [-0.25, -0.2) is 13.1 Å². The van der Waals surface area contributed by atoms with Gasteiger partial charge in [0, 0.05) is 13.2 Å². The SMILES string of the molecule is COc1cc(/C=C/C(=O)[O-])cc(S(=O)(=O)NCCCO)c1OC. The van der Waals surface area contributed by atoms with Crippen molar-refractivity contribution in [1.29, 1.82) is 0 Å². The van der Waals surface area contributed by atoms with E-state index in [-0.39, 0.29) is 41.5 Å². The van der Waals surface area contributed by atoms with Crippen molar-refractivity contribution < 1.29 is 32.9 Å². The van der Waals surface area contributed by atoms with Crippen LogP contribution >= 0.6 is 0 Å². The smallest absolute Gasteiger partial charge is 0.244 e. The summed E-state index contributed by atoms with van der Waals surface area (Å²) in [5, 5.41) is 19.2. The molecule has 1 rings (SSSR count). The quantitative estimate of drug-likeness (QED) is 0.440. The molecule has 0 aromatic heterocycles. The lowest BCUT2D eigenvalue weighted by molar-refractivity contribution is -0.297. The Morgan fingerprint density at radius 2 is 2.04 bits per heavy atom. The van der Waals surface area contributed by atoms with Crippen molar-refractivity contribution in [3.05, 3.63) is 23.8 Å². The number of benzene rings is 1. The molecule has 0 unspecified atom stereocenters. The van der Waals surface area contributed by atoms with Crippen molar-refractivity contribution in [2.24, 2.45) is 0 Å². The molecule has 23 heavy (non-hydrogen) atoms. The molecule has 0 aliphatic heterocycles. The van der Waals surface area contributed by atoms with Gasteiger partial charge in [0.25, 0.3) is 0 Å². The second kappa shape index (κ2) is 8.51. The summed E-state index contributed by atoms with van der Waals surface area (Å²) in [5.74, 6) is -1.28. The zero-order chi connectivity index (χ0) is 17.5. The van der Waals surface area contributed by atoms with E-state index >= 15 is 0 Å². The van der Waals surface area contributed by atoms with Gasteiger partial charge in [-0.2, -0.15) is 0 Å². The fourth-order valence-electron chi connectivity index (χ4n) is 1.77. The monoisotopic (exact) mass is 344 g/mol. The minimum atomic E-state index is -3.93. The highest BCUT2D eigenvalue weighted by Crippen LogP contribution is 2.35. The van der Waals surface area contributed by atoms with Crippen LogP contribution in [0, 0.1) is 0 Å². The lowest BCUT2D eigenvalue weighted by atomic mass is 10.2. The van der Waals surface area contributed by atoms with E-state index < -0.39 is 16.0 Å². The van der Waals surface area contributed by atoms with Gasteiger partial charge in [0.05, 0.1) is 20.2 Å². The van der Waals surface area contributed by atoms with Gasteiger partial charge in [0.15, 0.2) is 11.5 Å². The highest BCUT2D eigenvalue weighted by atomic mass is 32.2. The van der Waals surface area contributed by atoms with E-state index in [1.807, 2.05) is 0 Å². The number of carbonyl (C=O) groups is 1. The maximum absolute atomic E-state index is 12.4. The summed E-state index contributed by atoms with van der Waals surface area (Å²) < 4.78 is 37.2. The van der Waals surface area contributed by atoms with E-state index in [4.69, 9.17) is 14.6 Å². The second-order valence-corrected chi connectivity index (χ2v) is 6.12. The molecule has 0 fully saturated rings. The van der Waals surface area contributed by atoms with E-state index in [0.29, 0.717) is 0 Å². The summed E-state index contributed by atoms with van der Waals surface area (Å²) in [5.41, 5.74) is 0.286. The number of hydrogen-bond donors (Lipinski definition) is 2. The minimum absolute atomic E-state index is 0.00500. The normalized spacial score (nSPS) is 11.6. The van der Waals surface area contributed by atoms with Crippen molar-refractivity contribution in [2.45, 2.75) is 11.3 Å². The fraction of sp³-hybridized carbons (Fsp3) is 0.357. The summed E-state index contributed by atoms with van der Waals surface area (Å²) >= 11 is 0. The van der Waals surface area contributed by atoms with Crippen molar-refractivity contribution in [3.63, 3.8) is 0 Å². The number of methoxy groups -OCH3 is 2. The van der Waals surface area contributed by atoms with Gasteiger partial charge < -0.3 is 24.5 Å². The number of carboxylic acid groups (broad SMARTS) is 1. The molecule has 0 saturated heterocycles. The third kappa shape index (κ3) is 5.23. The molecule has 0 bridgehead atoms. The first-order chi connectivity index (χ1) is 10.9. The third-order valence-corrected chi connectivity index (χ3v) is 4.26. The lowest BCUT2D eigenvalue weighted by Crippen LogP contribution is -2.26. The topological polar surface area (TPSA) is 125 Å². The fourth-order valence-corrected chi connectivity index (χ4v) is 3.06. The van der Waals surface area contributed by atoms with Crippen LogP contribution in [0.4, 0.5) is 0 Å². The Labute approximate surface area is 134 Å². The number of rotatable bonds is 9. The summed E-state index contributed by atoms with van der Waals surface area (Å²) in [6.07, 6.45) is 2.21. The van der Waals surface area contributed by atoms with E-state index in [1.165, 1.54) is 32.4 Å². The molecule has 0 radical (unpaired) electrons. The zero-order valence-electron chi connectivity index (χ0n) is 12.7. The molecule has 0 saturated carbocycles. The van der Waals surface area contributed by atoms with Crippen LogP contribution in [0.5, 0.6) is 11.5 Å². The number of aliphatic hydroxyl groups is 1. The number of aliphatic carboxylic acids is 1. The Morgan fingerprint density at radius 1 is 1.35 bits per heavy atom. The maximum Gasteiger partial charge on any atom is 0.244 e. The average molecular weight is 344 g/mol. The molecule has 0 aliphatic carbocycles. The lowest BCUT2D eigenvalue weighted by Gasteiger charge is -2.15. The first-order valence-corrected chi connectivity index (χ1v) is 8.09. The summed E-state index contributed by atoms with van der Waals surface area (Å²) in [7, 11) is -1.31. The molecule has 1 aromatic rings. The van der Waals surface area contributed by atoms with Crippen LogP contribution in [0.25, 0.3) is 6.08 Å². The van der Waals surface area contributed by atoms with E-state index in [9.17, 15) is 18.3 Å². The van der Waals surface area contributed by atoms with Crippen LogP contribution in [0.15, 0.2) is 23.1 Å². The van der Waals surface area contributed by atoms with Crippen molar-refractivity contribution in [3.8, 4) is 11.5 Å². The number of hydrogen-bond acceptors (Lipinski definition) is 7. The molecular weight excluding hydrogens is 326 g/mol. The third-order valence-electron chi connectivity index (χ3n) is 2.80. The van der Waals surface area contributed by atoms with Gasteiger partial charge in [0.1, 0.15) is 4.90 Å².